The lowest BCUT2D eigenvalue weighted by Gasteiger charge is -2.15. The van der Waals surface area contributed by atoms with Crippen molar-refractivity contribution in [2.75, 3.05) is 13.6 Å². The number of hydrogen-bond donors (Lipinski definition) is 2. The van der Waals surface area contributed by atoms with Gasteiger partial charge in [0, 0.05) is 13.0 Å². The Balaban J connectivity index is 0.00000289. The van der Waals surface area contributed by atoms with Crippen molar-refractivity contribution < 1.29 is 4.79 Å². The van der Waals surface area contributed by atoms with Gasteiger partial charge in [-0.3, -0.25) is 4.79 Å². The molecule has 1 unspecified atom stereocenters. The molecular weight excluding hydrogens is 295 g/mol. The van der Waals surface area contributed by atoms with Crippen LogP contribution in [0.1, 0.15) is 24.9 Å². The highest BCUT2D eigenvalue weighted by Gasteiger charge is 2.10. The van der Waals surface area contributed by atoms with Crippen LogP contribution in [-0.2, 0) is 4.79 Å². The van der Waals surface area contributed by atoms with E-state index in [1.54, 1.807) is 12.1 Å². The Bertz CT molecular complexity index is 399. The maximum atomic E-state index is 11.5. The summed E-state index contributed by atoms with van der Waals surface area (Å²) < 4.78 is 0. The lowest BCUT2D eigenvalue weighted by atomic mass is 10.1. The van der Waals surface area contributed by atoms with E-state index in [-0.39, 0.29) is 24.4 Å². The van der Waals surface area contributed by atoms with E-state index in [9.17, 15) is 4.79 Å². The Morgan fingerprint density at radius 1 is 1.33 bits per heavy atom. The summed E-state index contributed by atoms with van der Waals surface area (Å²) in [5.74, 6) is 0.0120. The van der Waals surface area contributed by atoms with Gasteiger partial charge in [-0.25, -0.2) is 0 Å². The molecule has 2 N–H and O–H groups in total. The predicted molar refractivity (Wildman–Crippen MR) is 78.8 cm³/mol. The molecule has 1 atom stereocenters. The molecule has 0 saturated carbocycles. The number of carbonyl (C=O) groups is 1. The minimum atomic E-state index is -0.0749. The molecule has 0 aliphatic heterocycles. The van der Waals surface area contributed by atoms with Crippen molar-refractivity contribution >= 4 is 41.5 Å². The Kier molecular flexibility index (Phi) is 8.36. The lowest BCUT2D eigenvalue weighted by molar-refractivity contribution is -0.121. The van der Waals surface area contributed by atoms with Gasteiger partial charge < -0.3 is 10.6 Å². The first kappa shape index (κ1) is 17.5. The molecule has 0 saturated heterocycles. The van der Waals surface area contributed by atoms with Crippen molar-refractivity contribution in [3.05, 3.63) is 33.8 Å². The first-order valence-electron chi connectivity index (χ1n) is 5.43. The molecular formula is C12H17Cl3N2O. The third-order valence-electron chi connectivity index (χ3n) is 2.42. The highest BCUT2D eigenvalue weighted by molar-refractivity contribution is 6.42. The fourth-order valence-corrected chi connectivity index (χ4v) is 1.72. The van der Waals surface area contributed by atoms with Crippen LogP contribution in [0.25, 0.3) is 0 Å². The normalized spacial score (nSPS) is 11.6. The van der Waals surface area contributed by atoms with E-state index < -0.39 is 0 Å². The van der Waals surface area contributed by atoms with Gasteiger partial charge in [0.2, 0.25) is 5.91 Å². The van der Waals surface area contributed by atoms with Crippen LogP contribution in [0.3, 0.4) is 0 Å². The fraction of sp³-hybridized carbons (Fsp3) is 0.417. The van der Waals surface area contributed by atoms with Crippen LogP contribution in [0, 0.1) is 0 Å². The molecule has 6 heteroatoms. The number of carbonyl (C=O) groups excluding carboxylic acids is 1. The van der Waals surface area contributed by atoms with E-state index in [2.05, 4.69) is 10.6 Å². The topological polar surface area (TPSA) is 41.1 Å². The molecule has 0 fully saturated rings. The van der Waals surface area contributed by atoms with Crippen LogP contribution in [-0.4, -0.2) is 19.5 Å². The molecule has 0 heterocycles. The smallest absolute Gasteiger partial charge is 0.221 e. The molecule has 1 aromatic carbocycles. The molecule has 1 rings (SSSR count). The SMILES string of the molecule is CNCCC(=O)NC(C)c1ccc(Cl)c(Cl)c1.Cl. The second-order valence-corrected chi connectivity index (χ2v) is 4.63. The molecule has 0 aliphatic carbocycles. The van der Waals surface area contributed by atoms with Gasteiger partial charge in [-0.15, -0.1) is 12.4 Å². The Morgan fingerprint density at radius 2 is 2.00 bits per heavy atom. The summed E-state index contributed by atoms with van der Waals surface area (Å²) in [4.78, 5) is 11.5. The minimum absolute atomic E-state index is 0. The molecule has 18 heavy (non-hydrogen) atoms. The van der Waals surface area contributed by atoms with E-state index in [0.717, 1.165) is 5.56 Å². The molecule has 0 radical (unpaired) electrons. The molecule has 102 valence electrons. The van der Waals surface area contributed by atoms with Gasteiger partial charge in [0.15, 0.2) is 0 Å². The lowest BCUT2D eigenvalue weighted by Crippen LogP contribution is -2.29. The van der Waals surface area contributed by atoms with Crippen molar-refractivity contribution in [1.82, 2.24) is 10.6 Å². The third kappa shape index (κ3) is 5.44. The second-order valence-electron chi connectivity index (χ2n) is 3.82. The van der Waals surface area contributed by atoms with Crippen LogP contribution in [0.15, 0.2) is 18.2 Å². The minimum Gasteiger partial charge on any atom is -0.350 e. The van der Waals surface area contributed by atoms with E-state index in [1.165, 1.54) is 0 Å². The highest BCUT2D eigenvalue weighted by Crippen LogP contribution is 2.25. The molecule has 1 aromatic rings. The van der Waals surface area contributed by atoms with Gasteiger partial charge in [0.05, 0.1) is 16.1 Å². The van der Waals surface area contributed by atoms with Gasteiger partial charge in [-0.1, -0.05) is 29.3 Å². The number of amides is 1. The first-order chi connectivity index (χ1) is 8.04. The second kappa shape index (κ2) is 8.59. The number of nitrogens with one attached hydrogen (secondary N) is 2. The van der Waals surface area contributed by atoms with Crippen LogP contribution < -0.4 is 10.6 Å². The van der Waals surface area contributed by atoms with Gasteiger partial charge in [0.1, 0.15) is 0 Å². The van der Waals surface area contributed by atoms with Crippen LogP contribution >= 0.6 is 35.6 Å². The average molecular weight is 312 g/mol. The van der Waals surface area contributed by atoms with E-state index in [1.807, 2.05) is 20.0 Å². The molecule has 1 amide bonds. The summed E-state index contributed by atoms with van der Waals surface area (Å²) in [5, 5.41) is 6.84. The summed E-state index contributed by atoms with van der Waals surface area (Å²) in [6.45, 7) is 2.58. The van der Waals surface area contributed by atoms with Gasteiger partial charge in [-0.05, 0) is 31.7 Å². The molecule has 0 spiro atoms. The molecule has 0 aromatic heterocycles. The van der Waals surface area contributed by atoms with Crippen molar-refractivity contribution in [3.63, 3.8) is 0 Å². The summed E-state index contributed by atoms with van der Waals surface area (Å²) in [5.41, 5.74) is 0.942. The van der Waals surface area contributed by atoms with Gasteiger partial charge in [0.25, 0.3) is 0 Å². The van der Waals surface area contributed by atoms with Crippen molar-refractivity contribution in [2.45, 2.75) is 19.4 Å². The third-order valence-corrected chi connectivity index (χ3v) is 3.16. The Hall–Kier alpha value is -0.480. The molecule has 0 aliphatic rings. The molecule has 0 bridgehead atoms. The van der Waals surface area contributed by atoms with Crippen molar-refractivity contribution in [2.24, 2.45) is 0 Å². The van der Waals surface area contributed by atoms with Crippen LogP contribution in [0.2, 0.25) is 10.0 Å². The summed E-state index contributed by atoms with van der Waals surface area (Å²) in [6, 6.07) is 5.29. The zero-order valence-electron chi connectivity index (χ0n) is 10.3. The maximum Gasteiger partial charge on any atom is 0.221 e. The fourth-order valence-electron chi connectivity index (χ4n) is 1.42. The largest absolute Gasteiger partial charge is 0.350 e. The van der Waals surface area contributed by atoms with Gasteiger partial charge >= 0.3 is 0 Å². The monoisotopic (exact) mass is 310 g/mol. The molecule has 3 nitrogen and oxygen atoms in total. The quantitative estimate of drug-likeness (QED) is 0.877. The van der Waals surface area contributed by atoms with E-state index >= 15 is 0 Å². The standard InChI is InChI=1S/C12H16Cl2N2O.ClH/c1-8(16-12(17)5-6-15-2)9-3-4-10(13)11(14)7-9;/h3-4,7-8,15H,5-6H2,1-2H3,(H,16,17);1H. The number of benzene rings is 1. The number of hydrogen-bond acceptors (Lipinski definition) is 2. The Labute approximate surface area is 124 Å². The van der Waals surface area contributed by atoms with E-state index in [0.29, 0.717) is 23.0 Å². The van der Waals surface area contributed by atoms with Gasteiger partial charge in [-0.2, -0.15) is 0 Å². The average Bonchev–Trinajstić information content (AvgIpc) is 2.30. The Morgan fingerprint density at radius 3 is 2.56 bits per heavy atom. The van der Waals surface area contributed by atoms with Crippen molar-refractivity contribution in [3.8, 4) is 0 Å². The summed E-state index contributed by atoms with van der Waals surface area (Å²) >= 11 is 11.8. The van der Waals surface area contributed by atoms with Crippen molar-refractivity contribution in [1.29, 1.82) is 0 Å². The summed E-state index contributed by atoms with van der Waals surface area (Å²) in [7, 11) is 1.82. The zero-order valence-corrected chi connectivity index (χ0v) is 12.6. The first-order valence-corrected chi connectivity index (χ1v) is 6.19. The predicted octanol–water partition coefficient (Wildman–Crippen LogP) is 3.20. The number of rotatable bonds is 5. The van der Waals surface area contributed by atoms with Crippen LogP contribution in [0.5, 0.6) is 0 Å². The van der Waals surface area contributed by atoms with E-state index in [4.69, 9.17) is 23.2 Å². The maximum absolute atomic E-state index is 11.5. The summed E-state index contributed by atoms with van der Waals surface area (Å²) in [6.07, 6.45) is 0.460. The number of halogens is 3. The highest BCUT2D eigenvalue weighted by atomic mass is 35.5. The zero-order chi connectivity index (χ0) is 12.8. The van der Waals surface area contributed by atoms with Crippen LogP contribution in [0.4, 0.5) is 0 Å².